The summed E-state index contributed by atoms with van der Waals surface area (Å²) in [4.78, 5) is 0. The second kappa shape index (κ2) is 1.66. The molecule has 0 spiro atoms. The molecular formula is C4H5BrN2. The van der Waals surface area contributed by atoms with Crippen LogP contribution in [0.4, 0.5) is 0 Å². The van der Waals surface area contributed by atoms with Crippen LogP contribution in [0.25, 0.3) is 0 Å². The van der Waals surface area contributed by atoms with Crippen molar-refractivity contribution in [1.82, 2.24) is 9.78 Å². The molecule has 0 aromatic carbocycles. The first-order valence-corrected chi connectivity index (χ1v) is 2.51. The maximum absolute atomic E-state index is 6.90. The number of halogens is 1. The van der Waals surface area contributed by atoms with Gasteiger partial charge in [0.1, 0.15) is 4.60 Å². The lowest BCUT2D eigenvalue weighted by molar-refractivity contribution is 0.760. The molecule has 3 heteroatoms. The molecule has 1 heterocycles. The lowest BCUT2D eigenvalue weighted by Crippen LogP contribution is -1.84. The van der Waals surface area contributed by atoms with Crippen LogP contribution < -0.4 is 0 Å². The zero-order chi connectivity index (χ0) is 7.78. The van der Waals surface area contributed by atoms with Gasteiger partial charge in [-0.25, -0.2) is 0 Å². The molecular weight excluding hydrogens is 156 g/mol. The number of rotatable bonds is 0. The summed E-state index contributed by atoms with van der Waals surface area (Å²) < 4.78 is 22.2. The summed E-state index contributed by atoms with van der Waals surface area (Å²) >= 11 is 3.04. The number of hydrogen-bond acceptors (Lipinski definition) is 1. The topological polar surface area (TPSA) is 17.8 Å². The first-order valence-electron chi connectivity index (χ1n) is 3.22. The molecule has 2 nitrogen and oxygen atoms in total. The van der Waals surface area contributed by atoms with Crippen LogP contribution in [0, 0.1) is 0 Å². The maximum atomic E-state index is 6.90. The Bertz CT molecular complexity index is 229. The van der Waals surface area contributed by atoms with Gasteiger partial charge >= 0.3 is 0 Å². The Morgan fingerprint density at radius 3 is 3.29 bits per heavy atom. The third-order valence-corrected chi connectivity index (χ3v) is 0.979. The molecule has 38 valence electrons. The molecule has 0 saturated heterocycles. The average Bonchev–Trinajstić information content (AvgIpc) is 2.11. The van der Waals surface area contributed by atoms with Gasteiger partial charge in [-0.1, -0.05) is 0 Å². The van der Waals surface area contributed by atoms with Gasteiger partial charge < -0.3 is 0 Å². The third kappa shape index (κ3) is 1.03. The van der Waals surface area contributed by atoms with Gasteiger partial charge in [0.15, 0.2) is 0 Å². The highest BCUT2D eigenvalue weighted by Gasteiger charge is 1.84. The van der Waals surface area contributed by atoms with E-state index in [2.05, 4.69) is 21.0 Å². The third-order valence-electron chi connectivity index (χ3n) is 0.557. The van der Waals surface area contributed by atoms with E-state index in [0.29, 0.717) is 4.60 Å². The molecule has 0 aliphatic heterocycles. The standard InChI is InChI=1S/C4H5BrN2/c1-7-3-2-4(5)6-7/h2-3H,1H3/i1D3. The van der Waals surface area contributed by atoms with E-state index < -0.39 is 6.98 Å². The minimum atomic E-state index is -2.16. The normalized spacial score (nSPS) is 17.6. The van der Waals surface area contributed by atoms with Crippen molar-refractivity contribution in [3.8, 4) is 0 Å². The first-order chi connectivity index (χ1) is 4.50. The van der Waals surface area contributed by atoms with Gasteiger partial charge in [-0.2, -0.15) is 5.10 Å². The molecule has 1 aromatic heterocycles. The summed E-state index contributed by atoms with van der Waals surface area (Å²) in [7, 11) is 0. The van der Waals surface area contributed by atoms with Crippen LogP contribution in [-0.2, 0) is 6.98 Å². The number of aromatic nitrogens is 2. The molecule has 0 aliphatic carbocycles. The summed E-state index contributed by atoms with van der Waals surface area (Å²) in [5.74, 6) is 0. The largest absolute Gasteiger partial charge is 0.275 e. The zero-order valence-corrected chi connectivity index (χ0v) is 5.01. The van der Waals surface area contributed by atoms with Gasteiger partial charge in [0, 0.05) is 17.3 Å². The molecule has 0 aliphatic rings. The van der Waals surface area contributed by atoms with Gasteiger partial charge in [0.05, 0.1) is 0 Å². The molecule has 0 radical (unpaired) electrons. The minimum Gasteiger partial charge on any atom is -0.275 e. The van der Waals surface area contributed by atoms with Crippen LogP contribution in [0.5, 0.6) is 0 Å². The van der Waals surface area contributed by atoms with E-state index in [-0.39, 0.29) is 0 Å². The zero-order valence-electron chi connectivity index (χ0n) is 6.43. The fourth-order valence-corrected chi connectivity index (χ4v) is 0.591. The minimum absolute atomic E-state index is 0.531. The van der Waals surface area contributed by atoms with E-state index in [4.69, 9.17) is 4.11 Å². The van der Waals surface area contributed by atoms with Crippen LogP contribution in [0.3, 0.4) is 0 Å². The SMILES string of the molecule is [2H]C([2H])([2H])n1ccc(Br)n1. The van der Waals surface area contributed by atoms with E-state index in [9.17, 15) is 0 Å². The Morgan fingerprint density at radius 2 is 3.00 bits per heavy atom. The van der Waals surface area contributed by atoms with Gasteiger partial charge in [-0.15, -0.1) is 0 Å². The summed E-state index contributed by atoms with van der Waals surface area (Å²) in [5, 5.41) is 3.65. The molecule has 0 unspecified atom stereocenters. The Labute approximate surface area is 54.5 Å². The molecule has 0 amide bonds. The monoisotopic (exact) mass is 163 g/mol. The molecule has 0 fully saturated rings. The molecule has 0 N–H and O–H groups in total. The molecule has 7 heavy (non-hydrogen) atoms. The number of hydrogen-bond donors (Lipinski definition) is 0. The lowest BCUT2D eigenvalue weighted by Gasteiger charge is -1.79. The van der Waals surface area contributed by atoms with Crippen LogP contribution in [0.15, 0.2) is 16.9 Å². The Morgan fingerprint density at radius 1 is 2.14 bits per heavy atom. The maximum Gasteiger partial charge on any atom is 0.128 e. The predicted molar refractivity (Wildman–Crippen MR) is 30.9 cm³/mol. The highest BCUT2D eigenvalue weighted by atomic mass is 79.9. The second-order valence-electron chi connectivity index (χ2n) is 1.08. The number of nitrogens with zero attached hydrogens (tertiary/aromatic N) is 2. The molecule has 0 atom stereocenters. The highest BCUT2D eigenvalue weighted by molar-refractivity contribution is 9.10. The van der Waals surface area contributed by atoms with Crippen molar-refractivity contribution in [2.45, 2.75) is 0 Å². The van der Waals surface area contributed by atoms with E-state index in [1.165, 1.54) is 6.20 Å². The Hall–Kier alpha value is -0.310. The highest BCUT2D eigenvalue weighted by Crippen LogP contribution is 2.01. The van der Waals surface area contributed by atoms with Crippen LogP contribution in [-0.4, -0.2) is 9.78 Å². The molecule has 1 aromatic rings. The second-order valence-corrected chi connectivity index (χ2v) is 1.90. The van der Waals surface area contributed by atoms with Gasteiger partial charge in [-0.05, 0) is 22.0 Å². The molecule has 0 bridgehead atoms. The van der Waals surface area contributed by atoms with Crippen LogP contribution in [0.2, 0.25) is 0 Å². The Balaban J connectivity index is 2.96. The van der Waals surface area contributed by atoms with Crippen molar-refractivity contribution >= 4 is 15.9 Å². The lowest BCUT2D eigenvalue weighted by atomic mass is 10.8. The Kier molecular flexibility index (Phi) is 0.546. The number of aryl methyl sites for hydroxylation is 1. The summed E-state index contributed by atoms with van der Waals surface area (Å²) in [5.41, 5.74) is 0. The van der Waals surface area contributed by atoms with Crippen molar-refractivity contribution in [3.05, 3.63) is 16.9 Å². The summed E-state index contributed by atoms with van der Waals surface area (Å²) in [6, 6.07) is 1.58. The van der Waals surface area contributed by atoms with Crippen molar-refractivity contribution in [2.75, 3.05) is 0 Å². The quantitative estimate of drug-likeness (QED) is 0.562. The van der Waals surface area contributed by atoms with E-state index in [1.807, 2.05) is 0 Å². The summed E-state index contributed by atoms with van der Waals surface area (Å²) in [6.07, 6.45) is 1.40. The smallest absolute Gasteiger partial charge is 0.128 e. The van der Waals surface area contributed by atoms with Gasteiger partial charge in [0.25, 0.3) is 0 Å². The van der Waals surface area contributed by atoms with Crippen molar-refractivity contribution in [3.63, 3.8) is 0 Å². The van der Waals surface area contributed by atoms with Gasteiger partial charge in [-0.3, -0.25) is 4.68 Å². The molecule has 0 saturated carbocycles. The van der Waals surface area contributed by atoms with Crippen molar-refractivity contribution < 1.29 is 4.11 Å². The first kappa shape index (κ1) is 2.31. The van der Waals surface area contributed by atoms with E-state index in [1.54, 1.807) is 6.07 Å². The van der Waals surface area contributed by atoms with Crippen molar-refractivity contribution in [1.29, 1.82) is 0 Å². The average molecular weight is 164 g/mol. The van der Waals surface area contributed by atoms with E-state index >= 15 is 0 Å². The predicted octanol–water partition coefficient (Wildman–Crippen LogP) is 1.18. The summed E-state index contributed by atoms with van der Waals surface area (Å²) in [6.45, 7) is -2.16. The van der Waals surface area contributed by atoms with Crippen molar-refractivity contribution in [2.24, 2.45) is 6.98 Å². The van der Waals surface area contributed by atoms with E-state index in [0.717, 1.165) is 4.68 Å². The van der Waals surface area contributed by atoms with Crippen LogP contribution in [0.1, 0.15) is 4.11 Å². The fourth-order valence-electron chi connectivity index (χ4n) is 0.302. The van der Waals surface area contributed by atoms with Gasteiger partial charge in [0.2, 0.25) is 0 Å². The molecule has 1 rings (SSSR count). The van der Waals surface area contributed by atoms with Crippen LogP contribution >= 0.6 is 15.9 Å². The fraction of sp³-hybridized carbons (Fsp3) is 0.250.